The lowest BCUT2D eigenvalue weighted by Gasteiger charge is -2.08. The minimum Gasteiger partial charge on any atom is -0.494 e. The lowest BCUT2D eigenvalue weighted by Crippen LogP contribution is -2.17. The molecule has 84 valence electrons. The van der Waals surface area contributed by atoms with Crippen molar-refractivity contribution in [1.82, 2.24) is 0 Å². The molecular formula is C12H20N2O. The van der Waals surface area contributed by atoms with Crippen LogP contribution in [0.15, 0.2) is 24.3 Å². The lowest BCUT2D eigenvalue weighted by atomic mass is 10.1. The molecule has 0 saturated heterocycles. The molecule has 15 heavy (non-hydrogen) atoms. The molecule has 0 aliphatic rings. The summed E-state index contributed by atoms with van der Waals surface area (Å²) < 4.78 is 5.50. The zero-order valence-corrected chi connectivity index (χ0v) is 9.28. The minimum absolute atomic E-state index is 0.203. The quantitative estimate of drug-likeness (QED) is 0.693. The Balaban J connectivity index is 2.42. The molecule has 3 heteroatoms. The van der Waals surface area contributed by atoms with Gasteiger partial charge in [0.25, 0.3) is 0 Å². The molecule has 0 aliphatic heterocycles. The van der Waals surface area contributed by atoms with E-state index in [1.54, 1.807) is 0 Å². The van der Waals surface area contributed by atoms with Crippen LogP contribution in [0.2, 0.25) is 0 Å². The normalized spacial score (nSPS) is 12.5. The number of nitrogens with two attached hydrogens (primary N) is 2. The minimum atomic E-state index is 0.203. The Morgan fingerprint density at radius 3 is 2.47 bits per heavy atom. The summed E-state index contributed by atoms with van der Waals surface area (Å²) in [6.07, 6.45) is 1.80. The van der Waals surface area contributed by atoms with E-state index in [0.717, 1.165) is 18.6 Å². The highest BCUT2D eigenvalue weighted by molar-refractivity contribution is 5.27. The molecule has 0 fully saturated rings. The molecule has 0 bridgehead atoms. The molecule has 0 aliphatic carbocycles. The van der Waals surface area contributed by atoms with E-state index in [-0.39, 0.29) is 6.04 Å². The summed E-state index contributed by atoms with van der Waals surface area (Å²) in [5.41, 5.74) is 12.3. The van der Waals surface area contributed by atoms with Crippen LogP contribution in [0.4, 0.5) is 0 Å². The van der Waals surface area contributed by atoms with Crippen molar-refractivity contribution in [3.8, 4) is 5.75 Å². The van der Waals surface area contributed by atoms with E-state index in [9.17, 15) is 0 Å². The van der Waals surface area contributed by atoms with E-state index >= 15 is 0 Å². The van der Waals surface area contributed by atoms with Gasteiger partial charge in [-0.2, -0.15) is 0 Å². The molecule has 1 aromatic carbocycles. The summed E-state index contributed by atoms with van der Waals surface area (Å²) in [6, 6.07) is 8.28. The van der Waals surface area contributed by atoms with Crippen LogP contribution in [-0.4, -0.2) is 19.2 Å². The highest BCUT2D eigenvalue weighted by Crippen LogP contribution is 2.13. The molecule has 0 aromatic heterocycles. The van der Waals surface area contributed by atoms with E-state index in [2.05, 4.69) is 12.1 Å². The molecule has 4 N–H and O–H groups in total. The summed E-state index contributed by atoms with van der Waals surface area (Å²) in [4.78, 5) is 0. The number of ether oxygens (including phenoxy) is 1. The fourth-order valence-corrected chi connectivity index (χ4v) is 1.37. The maximum absolute atomic E-state index is 5.72. The third-order valence-corrected chi connectivity index (χ3v) is 2.10. The van der Waals surface area contributed by atoms with Gasteiger partial charge in [-0.1, -0.05) is 12.1 Å². The molecular weight excluding hydrogens is 188 g/mol. The van der Waals surface area contributed by atoms with Gasteiger partial charge in [0.15, 0.2) is 0 Å². The van der Waals surface area contributed by atoms with Crippen LogP contribution >= 0.6 is 0 Å². The standard InChI is InChI=1S/C12H20N2O/c1-10(14)9-11-3-5-12(6-4-11)15-8-2-7-13/h3-6,10H,2,7-9,13-14H2,1H3. The maximum Gasteiger partial charge on any atom is 0.119 e. The van der Waals surface area contributed by atoms with Gasteiger partial charge in [0.2, 0.25) is 0 Å². The summed E-state index contributed by atoms with van der Waals surface area (Å²) in [7, 11) is 0. The van der Waals surface area contributed by atoms with Crippen molar-refractivity contribution >= 4 is 0 Å². The third kappa shape index (κ3) is 4.81. The molecule has 1 atom stereocenters. The highest BCUT2D eigenvalue weighted by Gasteiger charge is 1.98. The van der Waals surface area contributed by atoms with Crippen molar-refractivity contribution in [3.05, 3.63) is 29.8 Å². The van der Waals surface area contributed by atoms with Crippen LogP contribution in [-0.2, 0) is 6.42 Å². The second-order valence-corrected chi connectivity index (χ2v) is 3.82. The van der Waals surface area contributed by atoms with Gasteiger partial charge in [-0.15, -0.1) is 0 Å². The molecule has 1 rings (SSSR count). The average Bonchev–Trinajstić information content (AvgIpc) is 2.20. The predicted octanol–water partition coefficient (Wildman–Crippen LogP) is 1.30. The fraction of sp³-hybridized carbons (Fsp3) is 0.500. The first kappa shape index (κ1) is 12.0. The van der Waals surface area contributed by atoms with Gasteiger partial charge in [-0.3, -0.25) is 0 Å². The molecule has 0 amide bonds. The first-order valence-electron chi connectivity index (χ1n) is 5.39. The summed E-state index contributed by atoms with van der Waals surface area (Å²) >= 11 is 0. The van der Waals surface area contributed by atoms with Crippen LogP contribution in [0.25, 0.3) is 0 Å². The molecule has 1 aromatic rings. The first-order valence-corrected chi connectivity index (χ1v) is 5.39. The number of hydrogen-bond donors (Lipinski definition) is 2. The van der Waals surface area contributed by atoms with Crippen LogP contribution in [0, 0.1) is 0 Å². The largest absolute Gasteiger partial charge is 0.494 e. The van der Waals surface area contributed by atoms with Gasteiger partial charge >= 0.3 is 0 Å². The second-order valence-electron chi connectivity index (χ2n) is 3.82. The van der Waals surface area contributed by atoms with E-state index in [4.69, 9.17) is 16.2 Å². The second kappa shape index (κ2) is 6.43. The Hall–Kier alpha value is -1.06. The third-order valence-electron chi connectivity index (χ3n) is 2.10. The van der Waals surface area contributed by atoms with Crippen molar-refractivity contribution in [2.24, 2.45) is 11.5 Å². The zero-order valence-electron chi connectivity index (χ0n) is 9.28. The van der Waals surface area contributed by atoms with Crippen molar-refractivity contribution in [3.63, 3.8) is 0 Å². The molecule has 0 spiro atoms. The fourth-order valence-electron chi connectivity index (χ4n) is 1.37. The van der Waals surface area contributed by atoms with Gasteiger partial charge in [-0.25, -0.2) is 0 Å². The zero-order chi connectivity index (χ0) is 11.1. The summed E-state index contributed by atoms with van der Waals surface area (Å²) in [5, 5.41) is 0. The van der Waals surface area contributed by atoms with Crippen molar-refractivity contribution in [2.75, 3.05) is 13.2 Å². The van der Waals surface area contributed by atoms with E-state index in [1.165, 1.54) is 5.56 Å². The number of rotatable bonds is 6. The topological polar surface area (TPSA) is 61.3 Å². The number of hydrogen-bond acceptors (Lipinski definition) is 3. The smallest absolute Gasteiger partial charge is 0.119 e. The molecule has 0 heterocycles. The number of benzene rings is 1. The van der Waals surface area contributed by atoms with Gasteiger partial charge in [-0.05, 0) is 44.0 Å². The van der Waals surface area contributed by atoms with Gasteiger partial charge in [0, 0.05) is 6.04 Å². The Morgan fingerprint density at radius 2 is 1.93 bits per heavy atom. The van der Waals surface area contributed by atoms with E-state index in [1.807, 2.05) is 19.1 Å². The Morgan fingerprint density at radius 1 is 1.27 bits per heavy atom. The Bertz CT molecular complexity index is 269. The average molecular weight is 208 g/mol. The lowest BCUT2D eigenvalue weighted by molar-refractivity contribution is 0.313. The maximum atomic E-state index is 5.72. The molecule has 0 saturated carbocycles. The van der Waals surface area contributed by atoms with Crippen LogP contribution < -0.4 is 16.2 Å². The van der Waals surface area contributed by atoms with Crippen LogP contribution in [0.5, 0.6) is 5.75 Å². The van der Waals surface area contributed by atoms with E-state index < -0.39 is 0 Å². The molecule has 1 unspecified atom stereocenters. The van der Waals surface area contributed by atoms with Gasteiger partial charge in [0.05, 0.1) is 6.61 Å². The highest BCUT2D eigenvalue weighted by atomic mass is 16.5. The Kier molecular flexibility index (Phi) is 5.15. The van der Waals surface area contributed by atoms with Crippen molar-refractivity contribution < 1.29 is 4.74 Å². The van der Waals surface area contributed by atoms with Gasteiger partial charge in [0.1, 0.15) is 5.75 Å². The monoisotopic (exact) mass is 208 g/mol. The Labute approximate surface area is 91.4 Å². The van der Waals surface area contributed by atoms with E-state index in [0.29, 0.717) is 13.2 Å². The first-order chi connectivity index (χ1) is 7.22. The van der Waals surface area contributed by atoms with Crippen LogP contribution in [0.1, 0.15) is 18.9 Å². The predicted molar refractivity (Wildman–Crippen MR) is 63.0 cm³/mol. The molecule has 3 nitrogen and oxygen atoms in total. The SMILES string of the molecule is CC(N)Cc1ccc(OCCCN)cc1. The summed E-state index contributed by atoms with van der Waals surface area (Å²) in [5.74, 6) is 0.900. The molecule has 0 radical (unpaired) electrons. The van der Waals surface area contributed by atoms with Crippen LogP contribution in [0.3, 0.4) is 0 Å². The summed E-state index contributed by atoms with van der Waals surface area (Å²) in [6.45, 7) is 3.36. The van der Waals surface area contributed by atoms with Crippen molar-refractivity contribution in [1.29, 1.82) is 0 Å². The van der Waals surface area contributed by atoms with Crippen molar-refractivity contribution in [2.45, 2.75) is 25.8 Å². The van der Waals surface area contributed by atoms with Gasteiger partial charge < -0.3 is 16.2 Å².